The Morgan fingerprint density at radius 2 is 2.09 bits per heavy atom. The molecule has 2 aromatic rings. The van der Waals surface area contributed by atoms with Crippen molar-refractivity contribution in [3.63, 3.8) is 0 Å². The number of hydrogen-bond acceptors (Lipinski definition) is 2. The van der Waals surface area contributed by atoms with Crippen LogP contribution < -0.4 is 5.32 Å². The van der Waals surface area contributed by atoms with Crippen LogP contribution in [0, 0.1) is 18.7 Å². The molecule has 0 saturated carbocycles. The van der Waals surface area contributed by atoms with Crippen LogP contribution in [0.5, 0.6) is 0 Å². The van der Waals surface area contributed by atoms with Crippen molar-refractivity contribution < 1.29 is 9.18 Å². The van der Waals surface area contributed by atoms with E-state index in [-0.39, 0.29) is 17.8 Å². The Balaban J connectivity index is 2.19. The monoisotopic (exact) mass is 337 g/mol. The topological polar surface area (TPSA) is 46.9 Å². The summed E-state index contributed by atoms with van der Waals surface area (Å²) in [5, 5.41) is 7.51. The van der Waals surface area contributed by atoms with Gasteiger partial charge in [0.05, 0.1) is 17.3 Å². The van der Waals surface area contributed by atoms with E-state index < -0.39 is 0 Å². The number of aromatic nitrogens is 2. The first-order chi connectivity index (χ1) is 10.8. The second kappa shape index (κ2) is 7.13. The van der Waals surface area contributed by atoms with E-state index in [0.717, 1.165) is 0 Å². The third-order valence-electron chi connectivity index (χ3n) is 3.53. The Labute approximate surface area is 140 Å². The zero-order valence-electron chi connectivity index (χ0n) is 13.7. The molecule has 0 aliphatic heterocycles. The summed E-state index contributed by atoms with van der Waals surface area (Å²) in [6.45, 7) is 8.31. The van der Waals surface area contributed by atoms with Gasteiger partial charge in [-0.25, -0.2) is 4.39 Å². The maximum absolute atomic E-state index is 13.3. The third kappa shape index (κ3) is 4.10. The number of nitrogens with one attached hydrogen (secondary N) is 1. The van der Waals surface area contributed by atoms with Crippen LogP contribution in [0.15, 0.2) is 24.3 Å². The number of aryl methyl sites for hydroxylation is 1. The van der Waals surface area contributed by atoms with Crippen molar-refractivity contribution >= 4 is 17.5 Å². The lowest BCUT2D eigenvalue weighted by molar-refractivity contribution is 0.0939. The van der Waals surface area contributed by atoms with Gasteiger partial charge in [0, 0.05) is 6.54 Å². The molecular formula is C17H21ClFN3O. The highest BCUT2D eigenvalue weighted by molar-refractivity contribution is 6.33. The molecule has 124 valence electrons. The smallest absolute Gasteiger partial charge is 0.256 e. The summed E-state index contributed by atoms with van der Waals surface area (Å²) in [5.41, 5.74) is 1.65. The Morgan fingerprint density at radius 3 is 2.70 bits per heavy atom. The number of halogens is 2. The molecule has 0 fully saturated rings. The summed E-state index contributed by atoms with van der Waals surface area (Å²) >= 11 is 6.30. The average molecular weight is 338 g/mol. The lowest BCUT2D eigenvalue weighted by atomic mass is 10.1. The van der Waals surface area contributed by atoms with Gasteiger partial charge in [-0.3, -0.25) is 9.48 Å². The first-order valence-electron chi connectivity index (χ1n) is 7.58. The zero-order chi connectivity index (χ0) is 17.1. The maximum Gasteiger partial charge on any atom is 0.256 e. The van der Waals surface area contributed by atoms with Gasteiger partial charge in [-0.05, 0) is 37.5 Å². The van der Waals surface area contributed by atoms with Crippen LogP contribution in [0.4, 0.5) is 4.39 Å². The molecule has 0 bridgehead atoms. The van der Waals surface area contributed by atoms with Crippen LogP contribution in [0.25, 0.3) is 0 Å². The molecule has 23 heavy (non-hydrogen) atoms. The minimum Gasteiger partial charge on any atom is -0.345 e. The van der Waals surface area contributed by atoms with E-state index in [1.54, 1.807) is 30.7 Å². The fourth-order valence-corrected chi connectivity index (χ4v) is 2.74. The van der Waals surface area contributed by atoms with E-state index in [1.807, 2.05) is 0 Å². The number of rotatable bonds is 5. The quantitative estimate of drug-likeness (QED) is 0.891. The molecule has 0 spiro atoms. The number of hydrogen-bond donors (Lipinski definition) is 1. The molecule has 4 nitrogen and oxygen atoms in total. The number of carbonyl (C=O) groups excluding carboxylic acids is 1. The largest absolute Gasteiger partial charge is 0.345 e. The van der Waals surface area contributed by atoms with Crippen LogP contribution in [0.2, 0.25) is 5.15 Å². The van der Waals surface area contributed by atoms with Crippen LogP contribution in [0.3, 0.4) is 0 Å². The van der Waals surface area contributed by atoms with Crippen molar-refractivity contribution in [1.29, 1.82) is 0 Å². The molecule has 1 aromatic heterocycles. The predicted molar refractivity (Wildman–Crippen MR) is 89.1 cm³/mol. The standard InChI is InChI=1S/C17H21ClFN3O/c1-10(2)9-22-16(18)15(12(4)21-22)17(23)20-11(3)13-6-5-7-14(19)8-13/h5-8,10-11H,9H2,1-4H3,(H,20,23)/t11-/m1/s1. The summed E-state index contributed by atoms with van der Waals surface area (Å²) in [6.07, 6.45) is 0. The van der Waals surface area contributed by atoms with Crippen molar-refractivity contribution in [2.24, 2.45) is 5.92 Å². The van der Waals surface area contributed by atoms with Crippen molar-refractivity contribution in [2.75, 3.05) is 0 Å². The van der Waals surface area contributed by atoms with E-state index in [2.05, 4.69) is 24.3 Å². The van der Waals surface area contributed by atoms with Crippen molar-refractivity contribution in [3.8, 4) is 0 Å². The molecule has 1 heterocycles. The Kier molecular flexibility index (Phi) is 5.42. The molecule has 2 rings (SSSR count). The molecule has 0 aliphatic carbocycles. The number of amides is 1. The Morgan fingerprint density at radius 1 is 1.39 bits per heavy atom. The minimum absolute atomic E-state index is 0.306. The highest BCUT2D eigenvalue weighted by Crippen LogP contribution is 2.22. The first kappa shape index (κ1) is 17.5. The molecule has 1 aromatic carbocycles. The molecular weight excluding hydrogens is 317 g/mol. The molecule has 6 heteroatoms. The molecule has 1 atom stereocenters. The second-order valence-electron chi connectivity index (χ2n) is 6.08. The highest BCUT2D eigenvalue weighted by Gasteiger charge is 2.22. The Hall–Kier alpha value is -1.88. The van der Waals surface area contributed by atoms with Crippen molar-refractivity contribution in [2.45, 2.75) is 40.3 Å². The van der Waals surface area contributed by atoms with Gasteiger partial charge in [-0.2, -0.15) is 5.10 Å². The number of carbonyl (C=O) groups is 1. The van der Waals surface area contributed by atoms with Crippen LogP contribution in [0.1, 0.15) is 48.4 Å². The van der Waals surface area contributed by atoms with E-state index in [0.29, 0.717) is 34.4 Å². The predicted octanol–water partition coefficient (Wildman–Crippen LogP) is 4.13. The summed E-state index contributed by atoms with van der Waals surface area (Å²) in [6, 6.07) is 5.83. The normalized spacial score (nSPS) is 12.5. The van der Waals surface area contributed by atoms with Gasteiger partial charge in [0.25, 0.3) is 5.91 Å². The summed E-state index contributed by atoms with van der Waals surface area (Å²) in [5.74, 6) is -0.268. The number of benzene rings is 1. The van der Waals surface area contributed by atoms with Crippen LogP contribution in [-0.2, 0) is 6.54 Å². The Bertz CT molecular complexity index is 712. The van der Waals surface area contributed by atoms with E-state index >= 15 is 0 Å². The lowest BCUT2D eigenvalue weighted by Crippen LogP contribution is -2.27. The molecule has 0 aliphatic rings. The molecule has 1 N–H and O–H groups in total. The molecule has 1 amide bonds. The van der Waals surface area contributed by atoms with Crippen LogP contribution in [-0.4, -0.2) is 15.7 Å². The second-order valence-corrected chi connectivity index (χ2v) is 6.44. The third-order valence-corrected chi connectivity index (χ3v) is 3.91. The summed E-state index contributed by atoms with van der Waals surface area (Å²) in [4.78, 5) is 12.5. The number of nitrogens with zero attached hydrogens (tertiary/aromatic N) is 2. The van der Waals surface area contributed by atoms with Gasteiger partial charge in [0.1, 0.15) is 11.0 Å². The van der Waals surface area contributed by atoms with Crippen LogP contribution >= 0.6 is 11.6 Å². The molecule has 0 unspecified atom stereocenters. The molecule has 0 saturated heterocycles. The van der Waals surface area contributed by atoms with Crippen molar-refractivity contribution in [1.82, 2.24) is 15.1 Å². The SMILES string of the molecule is Cc1nn(CC(C)C)c(Cl)c1C(=O)N[C@H](C)c1cccc(F)c1. The van der Waals surface area contributed by atoms with Crippen molar-refractivity contribution in [3.05, 3.63) is 52.1 Å². The summed E-state index contributed by atoms with van der Waals surface area (Å²) < 4.78 is 14.9. The van der Waals surface area contributed by atoms with E-state index in [9.17, 15) is 9.18 Å². The first-order valence-corrected chi connectivity index (χ1v) is 7.96. The molecule has 0 radical (unpaired) electrons. The van der Waals surface area contributed by atoms with E-state index in [4.69, 9.17) is 11.6 Å². The van der Waals surface area contributed by atoms with Gasteiger partial charge in [0.15, 0.2) is 0 Å². The average Bonchev–Trinajstić information content (AvgIpc) is 2.72. The van der Waals surface area contributed by atoms with E-state index in [1.165, 1.54) is 12.1 Å². The van der Waals surface area contributed by atoms with Gasteiger partial charge >= 0.3 is 0 Å². The highest BCUT2D eigenvalue weighted by atomic mass is 35.5. The van der Waals surface area contributed by atoms with Gasteiger partial charge in [-0.15, -0.1) is 0 Å². The lowest BCUT2D eigenvalue weighted by Gasteiger charge is -2.14. The van der Waals surface area contributed by atoms with Gasteiger partial charge < -0.3 is 5.32 Å². The zero-order valence-corrected chi connectivity index (χ0v) is 14.5. The summed E-state index contributed by atoms with van der Waals surface area (Å²) in [7, 11) is 0. The van der Waals surface area contributed by atoms with Gasteiger partial charge in [-0.1, -0.05) is 37.6 Å². The maximum atomic E-state index is 13.3. The fourth-order valence-electron chi connectivity index (χ4n) is 2.41. The van der Waals surface area contributed by atoms with Gasteiger partial charge in [0.2, 0.25) is 0 Å². The fraction of sp³-hybridized carbons (Fsp3) is 0.412. The minimum atomic E-state index is -0.331.